The Morgan fingerprint density at radius 2 is 1.72 bits per heavy atom. The van der Waals surface area contributed by atoms with E-state index in [4.69, 9.17) is 5.73 Å². The van der Waals surface area contributed by atoms with Gasteiger partial charge in [-0.2, -0.15) is 0 Å². The predicted molar refractivity (Wildman–Crippen MR) is 93.4 cm³/mol. The van der Waals surface area contributed by atoms with Crippen LogP contribution in [0.4, 0.5) is 4.39 Å². The molecule has 1 aliphatic carbocycles. The molecule has 1 aliphatic heterocycles. The fourth-order valence-corrected chi connectivity index (χ4v) is 3.86. The second kappa shape index (κ2) is 7.95. The Bertz CT molecular complexity index is 637. The maximum Gasteiger partial charge on any atom is 0.256 e. The lowest BCUT2D eigenvalue weighted by Crippen LogP contribution is -2.42. The van der Waals surface area contributed by atoms with Gasteiger partial charge in [-0.25, -0.2) is 4.39 Å². The molecule has 0 bridgehead atoms. The van der Waals surface area contributed by atoms with E-state index in [0.29, 0.717) is 32.6 Å². The van der Waals surface area contributed by atoms with E-state index < -0.39 is 5.82 Å². The average Bonchev–Trinajstić information content (AvgIpc) is 2.87. The molecule has 0 aromatic heterocycles. The van der Waals surface area contributed by atoms with Gasteiger partial charge in [0.1, 0.15) is 5.82 Å². The molecule has 1 aromatic carbocycles. The summed E-state index contributed by atoms with van der Waals surface area (Å²) < 4.78 is 13.9. The Balaban J connectivity index is 1.61. The van der Waals surface area contributed by atoms with Crippen LogP contribution in [0.5, 0.6) is 0 Å². The van der Waals surface area contributed by atoms with E-state index in [0.717, 1.165) is 25.7 Å². The van der Waals surface area contributed by atoms with Crippen LogP contribution in [0.2, 0.25) is 0 Å². The summed E-state index contributed by atoms with van der Waals surface area (Å²) in [6.07, 6.45) is 4.37. The van der Waals surface area contributed by atoms with E-state index in [-0.39, 0.29) is 29.3 Å². The number of hydrogen-bond donors (Lipinski definition) is 1. The van der Waals surface area contributed by atoms with Gasteiger partial charge in [0.2, 0.25) is 5.91 Å². The van der Waals surface area contributed by atoms with Gasteiger partial charge in [-0.3, -0.25) is 9.59 Å². The van der Waals surface area contributed by atoms with Crippen molar-refractivity contribution in [3.8, 4) is 0 Å². The summed E-state index contributed by atoms with van der Waals surface area (Å²) in [4.78, 5) is 28.8. The first kappa shape index (κ1) is 17.9. The van der Waals surface area contributed by atoms with Crippen LogP contribution in [0.15, 0.2) is 24.3 Å². The van der Waals surface area contributed by atoms with Gasteiger partial charge in [0.15, 0.2) is 0 Å². The number of carbonyl (C=O) groups is 2. The molecule has 2 amide bonds. The molecule has 2 atom stereocenters. The Labute approximate surface area is 148 Å². The third kappa shape index (κ3) is 4.18. The van der Waals surface area contributed by atoms with Crippen molar-refractivity contribution in [2.24, 2.45) is 11.7 Å². The van der Waals surface area contributed by atoms with Crippen molar-refractivity contribution in [2.75, 3.05) is 26.2 Å². The van der Waals surface area contributed by atoms with E-state index in [2.05, 4.69) is 0 Å². The number of nitrogens with zero attached hydrogens (tertiary/aromatic N) is 2. The Morgan fingerprint density at radius 1 is 1.00 bits per heavy atom. The standard InChI is InChI=1S/C19H26FN3O2/c20-17-8-2-1-7-16(17)19(25)23-10-4-9-22(11-12-23)18(24)14-5-3-6-15(21)13-14/h1-2,7-8,14-15H,3-6,9-13,21H2. The molecule has 3 rings (SSSR count). The van der Waals surface area contributed by atoms with Gasteiger partial charge in [0.05, 0.1) is 5.56 Å². The van der Waals surface area contributed by atoms with Crippen molar-refractivity contribution < 1.29 is 14.0 Å². The molecule has 25 heavy (non-hydrogen) atoms. The molecule has 5 nitrogen and oxygen atoms in total. The van der Waals surface area contributed by atoms with Gasteiger partial charge < -0.3 is 15.5 Å². The highest BCUT2D eigenvalue weighted by Crippen LogP contribution is 2.25. The van der Waals surface area contributed by atoms with Crippen molar-refractivity contribution in [2.45, 2.75) is 38.1 Å². The Morgan fingerprint density at radius 3 is 2.48 bits per heavy atom. The second-order valence-corrected chi connectivity index (χ2v) is 7.07. The summed E-state index contributed by atoms with van der Waals surface area (Å²) >= 11 is 0. The van der Waals surface area contributed by atoms with Gasteiger partial charge in [-0.1, -0.05) is 18.6 Å². The minimum atomic E-state index is -0.499. The van der Waals surface area contributed by atoms with Crippen molar-refractivity contribution in [1.29, 1.82) is 0 Å². The van der Waals surface area contributed by atoms with Crippen LogP contribution in [-0.4, -0.2) is 53.8 Å². The zero-order valence-electron chi connectivity index (χ0n) is 14.5. The molecule has 0 spiro atoms. The van der Waals surface area contributed by atoms with Crippen LogP contribution in [0.25, 0.3) is 0 Å². The summed E-state index contributed by atoms with van der Waals surface area (Å²) in [5, 5.41) is 0. The molecule has 0 radical (unpaired) electrons. The average molecular weight is 347 g/mol. The van der Waals surface area contributed by atoms with E-state index in [9.17, 15) is 14.0 Å². The lowest BCUT2D eigenvalue weighted by molar-refractivity contribution is -0.136. The number of halogens is 1. The zero-order valence-corrected chi connectivity index (χ0v) is 14.5. The van der Waals surface area contributed by atoms with Gasteiger partial charge in [-0.15, -0.1) is 0 Å². The quantitative estimate of drug-likeness (QED) is 0.890. The van der Waals surface area contributed by atoms with Crippen LogP contribution in [0, 0.1) is 11.7 Å². The SMILES string of the molecule is NC1CCCC(C(=O)N2CCCN(C(=O)c3ccccc3F)CC2)C1. The largest absolute Gasteiger partial charge is 0.341 e. The molecule has 1 saturated carbocycles. The molecule has 1 heterocycles. The number of amides is 2. The minimum Gasteiger partial charge on any atom is -0.341 e. The number of nitrogens with two attached hydrogens (primary N) is 1. The number of rotatable bonds is 2. The molecular weight excluding hydrogens is 321 g/mol. The number of benzene rings is 1. The summed E-state index contributed by atoms with van der Waals surface area (Å²) in [5.41, 5.74) is 6.10. The van der Waals surface area contributed by atoms with Crippen LogP contribution < -0.4 is 5.73 Å². The molecule has 6 heteroatoms. The number of hydrogen-bond acceptors (Lipinski definition) is 3. The molecular formula is C19H26FN3O2. The van der Waals surface area contributed by atoms with Gasteiger partial charge in [0.25, 0.3) is 5.91 Å². The van der Waals surface area contributed by atoms with E-state index in [1.165, 1.54) is 12.1 Å². The highest BCUT2D eigenvalue weighted by atomic mass is 19.1. The highest BCUT2D eigenvalue weighted by Gasteiger charge is 2.30. The lowest BCUT2D eigenvalue weighted by atomic mass is 9.85. The molecule has 1 aromatic rings. The molecule has 2 fully saturated rings. The van der Waals surface area contributed by atoms with Gasteiger partial charge >= 0.3 is 0 Å². The third-order valence-corrected chi connectivity index (χ3v) is 5.26. The fraction of sp³-hybridized carbons (Fsp3) is 0.579. The number of carbonyl (C=O) groups excluding carboxylic acids is 2. The lowest BCUT2D eigenvalue weighted by Gasteiger charge is -2.30. The van der Waals surface area contributed by atoms with Crippen LogP contribution in [0.1, 0.15) is 42.5 Å². The first-order chi connectivity index (χ1) is 12.1. The van der Waals surface area contributed by atoms with E-state index in [1.54, 1.807) is 17.0 Å². The monoisotopic (exact) mass is 347 g/mol. The van der Waals surface area contributed by atoms with Crippen molar-refractivity contribution >= 4 is 11.8 Å². The van der Waals surface area contributed by atoms with Crippen LogP contribution in [-0.2, 0) is 4.79 Å². The third-order valence-electron chi connectivity index (χ3n) is 5.26. The first-order valence-corrected chi connectivity index (χ1v) is 9.14. The molecule has 2 unspecified atom stereocenters. The second-order valence-electron chi connectivity index (χ2n) is 7.07. The molecule has 2 aliphatic rings. The summed E-state index contributed by atoms with van der Waals surface area (Å²) in [7, 11) is 0. The fourth-order valence-electron chi connectivity index (χ4n) is 3.86. The maximum atomic E-state index is 13.9. The van der Waals surface area contributed by atoms with Crippen molar-refractivity contribution in [3.05, 3.63) is 35.6 Å². The van der Waals surface area contributed by atoms with Crippen molar-refractivity contribution in [3.63, 3.8) is 0 Å². The van der Waals surface area contributed by atoms with Gasteiger partial charge in [0, 0.05) is 38.1 Å². The summed E-state index contributed by atoms with van der Waals surface area (Å²) in [6.45, 7) is 2.13. The van der Waals surface area contributed by atoms with Crippen molar-refractivity contribution in [1.82, 2.24) is 9.80 Å². The zero-order chi connectivity index (χ0) is 17.8. The topological polar surface area (TPSA) is 66.6 Å². The Kier molecular flexibility index (Phi) is 5.68. The smallest absolute Gasteiger partial charge is 0.256 e. The highest BCUT2D eigenvalue weighted by molar-refractivity contribution is 5.94. The maximum absolute atomic E-state index is 13.9. The predicted octanol–water partition coefficient (Wildman–Crippen LogP) is 2.02. The molecule has 1 saturated heterocycles. The Hall–Kier alpha value is -1.95. The minimum absolute atomic E-state index is 0.0116. The normalized spacial score (nSPS) is 24.7. The first-order valence-electron chi connectivity index (χ1n) is 9.14. The molecule has 136 valence electrons. The van der Waals surface area contributed by atoms with Crippen LogP contribution >= 0.6 is 0 Å². The van der Waals surface area contributed by atoms with E-state index in [1.807, 2.05) is 4.90 Å². The molecule has 2 N–H and O–H groups in total. The summed E-state index contributed by atoms with van der Waals surface area (Å²) in [5.74, 6) is -0.624. The van der Waals surface area contributed by atoms with Crippen LogP contribution in [0.3, 0.4) is 0 Å². The van der Waals surface area contributed by atoms with E-state index >= 15 is 0 Å². The van der Waals surface area contributed by atoms with Gasteiger partial charge in [-0.05, 0) is 37.8 Å². The summed E-state index contributed by atoms with van der Waals surface area (Å²) in [6, 6.07) is 6.16.